The van der Waals surface area contributed by atoms with Crippen LogP contribution in [-0.4, -0.2) is 11.1 Å². The molecule has 1 aromatic carbocycles. The van der Waals surface area contributed by atoms with Crippen LogP contribution in [-0.2, 0) is 6.42 Å². The lowest BCUT2D eigenvalue weighted by Gasteiger charge is -2.34. The van der Waals surface area contributed by atoms with Crippen molar-refractivity contribution < 1.29 is 5.11 Å². The van der Waals surface area contributed by atoms with Gasteiger partial charge in [-0.2, -0.15) is 0 Å². The van der Waals surface area contributed by atoms with E-state index in [4.69, 9.17) is 0 Å². The summed E-state index contributed by atoms with van der Waals surface area (Å²) in [7, 11) is 0. The van der Waals surface area contributed by atoms with Gasteiger partial charge in [0.05, 0.1) is 0 Å². The molecule has 0 aliphatic heterocycles. The van der Waals surface area contributed by atoms with Crippen molar-refractivity contribution >= 4 is 0 Å². The fraction of sp³-hybridized carbons (Fsp3) is 0.667. The maximum atomic E-state index is 9.64. The Morgan fingerprint density at radius 2 is 1.90 bits per heavy atom. The summed E-state index contributed by atoms with van der Waals surface area (Å²) in [5.41, 5.74) is 2.75. The van der Waals surface area contributed by atoms with E-state index in [1.54, 1.807) is 0 Å². The van der Waals surface area contributed by atoms with Gasteiger partial charge in [0.2, 0.25) is 0 Å². The van der Waals surface area contributed by atoms with Crippen molar-refractivity contribution in [1.82, 2.24) is 5.32 Å². The topological polar surface area (TPSA) is 32.3 Å². The van der Waals surface area contributed by atoms with Gasteiger partial charge in [0, 0.05) is 12.1 Å². The minimum Gasteiger partial charge on any atom is -0.508 e. The largest absolute Gasteiger partial charge is 0.508 e. The maximum absolute atomic E-state index is 9.64. The van der Waals surface area contributed by atoms with Gasteiger partial charge in [0.15, 0.2) is 0 Å². The molecule has 3 rings (SSSR count). The number of phenolic OH excluding ortho intramolecular Hbond substituents is 1. The zero-order valence-corrected chi connectivity index (χ0v) is 12.6. The van der Waals surface area contributed by atoms with Crippen molar-refractivity contribution in [3.05, 3.63) is 29.3 Å². The summed E-state index contributed by atoms with van der Waals surface area (Å²) in [6, 6.07) is 7.00. The fourth-order valence-corrected chi connectivity index (χ4v) is 4.06. The van der Waals surface area contributed by atoms with Crippen LogP contribution in [0.25, 0.3) is 0 Å². The number of aryl methyl sites for hydroxylation is 1. The van der Waals surface area contributed by atoms with Crippen LogP contribution < -0.4 is 5.32 Å². The first-order valence-electron chi connectivity index (χ1n) is 8.32. The molecule has 0 radical (unpaired) electrons. The first kappa shape index (κ1) is 13.9. The van der Waals surface area contributed by atoms with E-state index in [1.807, 2.05) is 12.1 Å². The summed E-state index contributed by atoms with van der Waals surface area (Å²) < 4.78 is 0. The van der Waals surface area contributed by atoms with Gasteiger partial charge in [-0.15, -0.1) is 0 Å². The molecule has 1 aromatic rings. The predicted molar refractivity (Wildman–Crippen MR) is 83.0 cm³/mol. The van der Waals surface area contributed by atoms with Crippen molar-refractivity contribution in [3.8, 4) is 5.75 Å². The van der Waals surface area contributed by atoms with Crippen LogP contribution in [0.15, 0.2) is 18.2 Å². The van der Waals surface area contributed by atoms with Gasteiger partial charge < -0.3 is 10.4 Å². The third-order valence-electron chi connectivity index (χ3n) is 5.26. The van der Waals surface area contributed by atoms with Crippen LogP contribution in [0.1, 0.15) is 69.0 Å². The Hall–Kier alpha value is -1.02. The lowest BCUT2D eigenvalue weighted by Crippen LogP contribution is -2.38. The summed E-state index contributed by atoms with van der Waals surface area (Å²) in [4.78, 5) is 0. The monoisotopic (exact) mass is 273 g/mol. The van der Waals surface area contributed by atoms with Gasteiger partial charge in [0.25, 0.3) is 0 Å². The van der Waals surface area contributed by atoms with Gasteiger partial charge in [-0.3, -0.25) is 0 Å². The molecule has 2 N–H and O–H groups in total. The molecule has 1 fully saturated rings. The zero-order chi connectivity index (χ0) is 13.9. The third-order valence-corrected chi connectivity index (χ3v) is 5.26. The number of benzene rings is 1. The van der Waals surface area contributed by atoms with Crippen LogP contribution in [0.4, 0.5) is 0 Å². The third kappa shape index (κ3) is 3.01. The molecule has 0 spiro atoms. The average molecular weight is 273 g/mol. The van der Waals surface area contributed by atoms with E-state index < -0.39 is 0 Å². The lowest BCUT2D eigenvalue weighted by atomic mass is 9.82. The zero-order valence-electron chi connectivity index (χ0n) is 12.6. The molecule has 2 aliphatic rings. The van der Waals surface area contributed by atoms with Gasteiger partial charge in [-0.1, -0.05) is 25.3 Å². The summed E-state index contributed by atoms with van der Waals surface area (Å²) in [6.07, 6.45) is 10.6. The number of rotatable bonds is 3. The second-order valence-electron chi connectivity index (χ2n) is 6.68. The molecule has 2 nitrogen and oxygen atoms in total. The fourth-order valence-electron chi connectivity index (χ4n) is 4.06. The number of hydrogen-bond donors (Lipinski definition) is 2. The van der Waals surface area contributed by atoms with E-state index in [-0.39, 0.29) is 0 Å². The van der Waals surface area contributed by atoms with Gasteiger partial charge >= 0.3 is 0 Å². The Balaban J connectivity index is 1.69. The molecule has 0 aromatic heterocycles. The van der Waals surface area contributed by atoms with Crippen LogP contribution in [0, 0.1) is 5.92 Å². The molecule has 1 saturated carbocycles. The molecule has 2 heteroatoms. The molecule has 0 saturated heterocycles. The highest BCUT2D eigenvalue weighted by Crippen LogP contribution is 2.34. The molecular formula is C18H27NO. The first-order chi connectivity index (χ1) is 9.74. The highest BCUT2D eigenvalue weighted by Gasteiger charge is 2.26. The maximum Gasteiger partial charge on any atom is 0.115 e. The second-order valence-corrected chi connectivity index (χ2v) is 6.68. The molecule has 2 aliphatic carbocycles. The Morgan fingerprint density at radius 3 is 2.70 bits per heavy atom. The van der Waals surface area contributed by atoms with E-state index in [9.17, 15) is 5.11 Å². The number of fused-ring (bicyclic) bond motifs is 1. The van der Waals surface area contributed by atoms with Crippen molar-refractivity contribution in [2.24, 2.45) is 5.92 Å². The lowest BCUT2D eigenvalue weighted by molar-refractivity contribution is 0.257. The molecule has 20 heavy (non-hydrogen) atoms. The van der Waals surface area contributed by atoms with Gasteiger partial charge in [-0.25, -0.2) is 0 Å². The molecule has 2 atom stereocenters. The van der Waals surface area contributed by atoms with E-state index in [0.29, 0.717) is 17.8 Å². The summed E-state index contributed by atoms with van der Waals surface area (Å²) in [5.74, 6) is 1.26. The van der Waals surface area contributed by atoms with E-state index in [1.165, 1.54) is 56.1 Å². The van der Waals surface area contributed by atoms with Crippen LogP contribution in [0.3, 0.4) is 0 Å². The number of nitrogens with one attached hydrogen (secondary N) is 1. The highest BCUT2D eigenvalue weighted by molar-refractivity contribution is 5.38. The van der Waals surface area contributed by atoms with Crippen molar-refractivity contribution in [3.63, 3.8) is 0 Å². The highest BCUT2D eigenvalue weighted by atomic mass is 16.3. The van der Waals surface area contributed by atoms with Crippen molar-refractivity contribution in [2.75, 3.05) is 0 Å². The summed E-state index contributed by atoms with van der Waals surface area (Å²) in [5, 5.41) is 13.5. The molecular weight excluding hydrogens is 246 g/mol. The van der Waals surface area contributed by atoms with Gasteiger partial charge in [-0.05, 0) is 68.2 Å². The standard InChI is InChI=1S/C18H27NO/c1-13(14-6-3-2-4-7-14)19-18-9-5-8-15-12-16(20)10-11-17(15)18/h10-14,18-20H,2-9H2,1H3/t13-,18?/m1/s1. The Labute approximate surface area is 122 Å². The number of phenols is 1. The quantitative estimate of drug-likeness (QED) is 0.859. The van der Waals surface area contributed by atoms with E-state index in [2.05, 4.69) is 18.3 Å². The first-order valence-corrected chi connectivity index (χ1v) is 8.32. The normalized spacial score (nSPS) is 25.1. The molecule has 0 amide bonds. The van der Waals surface area contributed by atoms with Gasteiger partial charge in [0.1, 0.15) is 5.75 Å². The molecule has 0 bridgehead atoms. The van der Waals surface area contributed by atoms with Crippen LogP contribution in [0.2, 0.25) is 0 Å². The molecule has 1 unspecified atom stereocenters. The molecule has 110 valence electrons. The number of hydrogen-bond acceptors (Lipinski definition) is 2. The smallest absolute Gasteiger partial charge is 0.115 e. The average Bonchev–Trinajstić information content (AvgIpc) is 2.48. The minimum absolute atomic E-state index is 0.407. The Morgan fingerprint density at radius 1 is 1.10 bits per heavy atom. The molecule has 0 heterocycles. The van der Waals surface area contributed by atoms with E-state index >= 15 is 0 Å². The van der Waals surface area contributed by atoms with Crippen molar-refractivity contribution in [2.45, 2.75) is 70.4 Å². The SMILES string of the molecule is C[C@@H](NC1CCCc2cc(O)ccc21)C1CCCCC1. The number of aromatic hydroxyl groups is 1. The van der Waals surface area contributed by atoms with E-state index in [0.717, 1.165) is 12.3 Å². The van der Waals surface area contributed by atoms with Crippen molar-refractivity contribution in [1.29, 1.82) is 0 Å². The summed E-state index contributed by atoms with van der Waals surface area (Å²) in [6.45, 7) is 2.37. The second kappa shape index (κ2) is 6.17. The summed E-state index contributed by atoms with van der Waals surface area (Å²) >= 11 is 0. The van der Waals surface area contributed by atoms with Crippen LogP contribution in [0.5, 0.6) is 5.75 Å². The predicted octanol–water partition coefficient (Wildman–Crippen LogP) is 4.33. The Bertz CT molecular complexity index is 451. The van der Waals surface area contributed by atoms with Crippen LogP contribution >= 0.6 is 0 Å². The Kier molecular flexibility index (Phi) is 4.30. The minimum atomic E-state index is 0.407.